The lowest BCUT2D eigenvalue weighted by molar-refractivity contribution is 0.608. The summed E-state index contributed by atoms with van der Waals surface area (Å²) in [5.41, 5.74) is 9.28. The highest BCUT2D eigenvalue weighted by atomic mass is 15.2. The second-order valence-corrected chi connectivity index (χ2v) is 5.65. The van der Waals surface area contributed by atoms with Crippen LogP contribution >= 0.6 is 0 Å². The summed E-state index contributed by atoms with van der Waals surface area (Å²) < 4.78 is 0. The number of fused-ring (bicyclic) bond motifs is 1. The molecule has 0 radical (unpaired) electrons. The van der Waals surface area contributed by atoms with Crippen molar-refractivity contribution in [3.8, 4) is 0 Å². The van der Waals surface area contributed by atoms with E-state index < -0.39 is 0 Å². The maximum Gasteiger partial charge on any atom is 0.0672 e. The second kappa shape index (κ2) is 4.19. The summed E-state index contributed by atoms with van der Waals surface area (Å²) in [6, 6.07) is 4.83. The van der Waals surface area contributed by atoms with Gasteiger partial charge in [-0.15, -0.1) is 0 Å². The van der Waals surface area contributed by atoms with Crippen molar-refractivity contribution in [2.24, 2.45) is 5.92 Å². The van der Waals surface area contributed by atoms with Gasteiger partial charge < -0.3 is 10.6 Å². The zero-order chi connectivity index (χ0) is 12.7. The van der Waals surface area contributed by atoms with E-state index in [9.17, 15) is 0 Å². The standard InChI is InChI=1S/C14H20N4/c1-9(2)8-18(11-3-4-11)14-6-13-10(5-12(14)15)7-16-17-13/h5-7,9,11H,3-4,8,15H2,1-2H3,(H,16,17). The van der Waals surface area contributed by atoms with Crippen molar-refractivity contribution in [1.82, 2.24) is 10.2 Å². The Balaban J connectivity index is 2.01. The average Bonchev–Trinajstić information content (AvgIpc) is 3.05. The van der Waals surface area contributed by atoms with Gasteiger partial charge in [0.1, 0.15) is 0 Å². The van der Waals surface area contributed by atoms with Crippen LogP contribution in [-0.4, -0.2) is 22.8 Å². The minimum absolute atomic E-state index is 0.641. The predicted molar refractivity (Wildman–Crippen MR) is 75.7 cm³/mol. The van der Waals surface area contributed by atoms with Crippen molar-refractivity contribution < 1.29 is 0 Å². The van der Waals surface area contributed by atoms with E-state index in [1.165, 1.54) is 12.8 Å². The summed E-state index contributed by atoms with van der Waals surface area (Å²) in [6.07, 6.45) is 4.39. The summed E-state index contributed by atoms with van der Waals surface area (Å²) >= 11 is 0. The second-order valence-electron chi connectivity index (χ2n) is 5.65. The number of nitrogens with one attached hydrogen (secondary N) is 1. The van der Waals surface area contributed by atoms with Crippen LogP contribution in [0, 0.1) is 5.92 Å². The molecular formula is C14H20N4. The number of nitrogens with zero attached hydrogens (tertiary/aromatic N) is 2. The van der Waals surface area contributed by atoms with Crippen LogP contribution in [-0.2, 0) is 0 Å². The molecule has 1 aliphatic carbocycles. The van der Waals surface area contributed by atoms with E-state index in [1.807, 2.05) is 12.3 Å². The average molecular weight is 244 g/mol. The van der Waals surface area contributed by atoms with Crippen molar-refractivity contribution in [2.75, 3.05) is 17.2 Å². The fourth-order valence-electron chi connectivity index (χ4n) is 2.47. The third-order valence-corrected chi connectivity index (χ3v) is 3.45. The maximum atomic E-state index is 6.20. The van der Waals surface area contributed by atoms with E-state index in [-0.39, 0.29) is 0 Å². The van der Waals surface area contributed by atoms with Crippen molar-refractivity contribution in [2.45, 2.75) is 32.7 Å². The van der Waals surface area contributed by atoms with Gasteiger partial charge in [-0.1, -0.05) is 13.8 Å². The number of hydrogen-bond acceptors (Lipinski definition) is 3. The molecule has 0 atom stereocenters. The molecule has 0 amide bonds. The van der Waals surface area contributed by atoms with Crippen molar-refractivity contribution in [1.29, 1.82) is 0 Å². The molecule has 0 aliphatic heterocycles. The largest absolute Gasteiger partial charge is 0.397 e. The molecule has 4 nitrogen and oxygen atoms in total. The molecule has 1 fully saturated rings. The van der Waals surface area contributed by atoms with E-state index in [2.05, 4.69) is 35.0 Å². The number of hydrogen-bond donors (Lipinski definition) is 2. The Morgan fingerprint density at radius 2 is 2.22 bits per heavy atom. The van der Waals surface area contributed by atoms with Crippen LogP contribution < -0.4 is 10.6 Å². The van der Waals surface area contributed by atoms with Crippen LogP contribution in [0.4, 0.5) is 11.4 Å². The topological polar surface area (TPSA) is 57.9 Å². The SMILES string of the molecule is CC(C)CN(c1cc2[nH]ncc2cc1N)C1CC1. The third kappa shape index (κ3) is 2.03. The minimum atomic E-state index is 0.641. The highest BCUT2D eigenvalue weighted by Crippen LogP contribution is 2.37. The molecule has 0 unspecified atom stereocenters. The zero-order valence-corrected chi connectivity index (χ0v) is 11.0. The van der Waals surface area contributed by atoms with Crippen molar-refractivity contribution in [3.63, 3.8) is 0 Å². The molecule has 3 N–H and O–H groups in total. The molecular weight excluding hydrogens is 224 g/mol. The van der Waals surface area contributed by atoms with Gasteiger partial charge >= 0.3 is 0 Å². The first-order valence-electron chi connectivity index (χ1n) is 6.64. The molecule has 96 valence electrons. The lowest BCUT2D eigenvalue weighted by Gasteiger charge is -2.28. The van der Waals surface area contributed by atoms with E-state index >= 15 is 0 Å². The summed E-state index contributed by atoms with van der Waals surface area (Å²) in [6.45, 7) is 5.56. The molecule has 1 heterocycles. The Morgan fingerprint density at radius 1 is 1.44 bits per heavy atom. The molecule has 1 saturated carbocycles. The number of H-pyrrole nitrogens is 1. The fourth-order valence-corrected chi connectivity index (χ4v) is 2.47. The number of nitrogens with two attached hydrogens (primary N) is 1. The minimum Gasteiger partial charge on any atom is -0.397 e. The van der Waals surface area contributed by atoms with Crippen LogP contribution in [0.25, 0.3) is 10.9 Å². The summed E-state index contributed by atoms with van der Waals surface area (Å²) in [5.74, 6) is 0.641. The molecule has 1 aromatic heterocycles. The van der Waals surface area contributed by atoms with Crippen LogP contribution in [0.5, 0.6) is 0 Å². The number of benzene rings is 1. The normalized spacial score (nSPS) is 15.5. The zero-order valence-electron chi connectivity index (χ0n) is 11.0. The third-order valence-electron chi connectivity index (χ3n) is 3.45. The van der Waals surface area contributed by atoms with Crippen molar-refractivity contribution in [3.05, 3.63) is 18.3 Å². The predicted octanol–water partition coefficient (Wildman–Crippen LogP) is 2.77. The Hall–Kier alpha value is -1.71. The molecule has 1 aromatic carbocycles. The Labute approximate surface area is 107 Å². The number of aromatic amines is 1. The summed E-state index contributed by atoms with van der Waals surface area (Å²) in [4.78, 5) is 2.46. The number of aromatic nitrogens is 2. The summed E-state index contributed by atoms with van der Waals surface area (Å²) in [5, 5.41) is 8.17. The smallest absolute Gasteiger partial charge is 0.0672 e. The van der Waals surface area contributed by atoms with E-state index in [1.54, 1.807) is 0 Å². The Kier molecular flexibility index (Phi) is 2.65. The van der Waals surface area contributed by atoms with Crippen LogP contribution in [0.2, 0.25) is 0 Å². The molecule has 1 aliphatic rings. The molecule has 3 rings (SSSR count). The number of nitrogen functional groups attached to an aromatic ring is 1. The van der Waals surface area contributed by atoms with E-state index in [0.29, 0.717) is 12.0 Å². The monoisotopic (exact) mass is 244 g/mol. The van der Waals surface area contributed by atoms with Gasteiger partial charge in [0.15, 0.2) is 0 Å². The molecule has 0 bridgehead atoms. The van der Waals surface area contributed by atoms with Crippen LogP contribution in [0.1, 0.15) is 26.7 Å². The van der Waals surface area contributed by atoms with Crippen molar-refractivity contribution >= 4 is 22.3 Å². The highest BCUT2D eigenvalue weighted by molar-refractivity contribution is 5.89. The first kappa shape index (κ1) is 11.4. The molecule has 0 spiro atoms. The van der Waals surface area contributed by atoms with E-state index in [0.717, 1.165) is 28.8 Å². The highest BCUT2D eigenvalue weighted by Gasteiger charge is 2.30. The van der Waals surface area contributed by atoms with Gasteiger partial charge in [-0.25, -0.2) is 0 Å². The number of anilines is 2. The van der Waals surface area contributed by atoms with Gasteiger partial charge in [-0.05, 0) is 30.9 Å². The Morgan fingerprint density at radius 3 is 2.89 bits per heavy atom. The van der Waals surface area contributed by atoms with Gasteiger partial charge in [0.2, 0.25) is 0 Å². The molecule has 2 aromatic rings. The number of rotatable bonds is 4. The summed E-state index contributed by atoms with van der Waals surface area (Å²) in [7, 11) is 0. The van der Waals surface area contributed by atoms with Gasteiger partial charge in [0.25, 0.3) is 0 Å². The lowest BCUT2D eigenvalue weighted by atomic mass is 10.1. The molecule has 18 heavy (non-hydrogen) atoms. The van der Waals surface area contributed by atoms with Gasteiger partial charge in [-0.2, -0.15) is 5.10 Å². The van der Waals surface area contributed by atoms with E-state index in [4.69, 9.17) is 5.73 Å². The van der Waals surface area contributed by atoms with Gasteiger partial charge in [0, 0.05) is 18.0 Å². The fraction of sp³-hybridized carbons (Fsp3) is 0.500. The van der Waals surface area contributed by atoms with Crippen LogP contribution in [0.3, 0.4) is 0 Å². The Bertz CT molecular complexity index is 554. The first-order valence-corrected chi connectivity index (χ1v) is 6.64. The quantitative estimate of drug-likeness (QED) is 0.813. The molecule has 4 heteroatoms. The first-order chi connectivity index (χ1) is 8.65. The molecule has 0 saturated heterocycles. The maximum absolute atomic E-state index is 6.20. The van der Waals surface area contributed by atoms with Gasteiger partial charge in [0.05, 0.1) is 23.1 Å². The van der Waals surface area contributed by atoms with Crippen LogP contribution in [0.15, 0.2) is 18.3 Å². The van der Waals surface area contributed by atoms with Gasteiger partial charge in [-0.3, -0.25) is 5.10 Å². The lowest BCUT2D eigenvalue weighted by Crippen LogP contribution is -2.30.